The van der Waals surface area contributed by atoms with Crippen LogP contribution in [0, 0.1) is 0 Å². The second-order valence-corrected chi connectivity index (χ2v) is 10.3. The van der Waals surface area contributed by atoms with Crippen molar-refractivity contribution in [2.75, 3.05) is 39.5 Å². The van der Waals surface area contributed by atoms with Gasteiger partial charge in [0.05, 0.1) is 17.0 Å². The van der Waals surface area contributed by atoms with Gasteiger partial charge in [0.15, 0.2) is 15.8 Å². The van der Waals surface area contributed by atoms with Crippen LogP contribution in [0.3, 0.4) is 0 Å². The zero-order chi connectivity index (χ0) is 20.2. The van der Waals surface area contributed by atoms with Crippen LogP contribution < -0.4 is 5.32 Å². The minimum atomic E-state index is -3.09. The summed E-state index contributed by atoms with van der Waals surface area (Å²) in [6, 6.07) is 7.40. The van der Waals surface area contributed by atoms with Crippen LogP contribution in [0.15, 0.2) is 29.3 Å². The molecule has 0 radical (unpaired) electrons. The Morgan fingerprint density at radius 1 is 1.25 bits per heavy atom. The Hall–Kier alpha value is -1.36. The number of guanidine groups is 1. The molecule has 1 heterocycles. The molecule has 0 spiro atoms. The van der Waals surface area contributed by atoms with Gasteiger partial charge in [0.25, 0.3) is 5.91 Å². The molecule has 1 aromatic rings. The van der Waals surface area contributed by atoms with Crippen molar-refractivity contribution in [3.63, 3.8) is 0 Å². The maximum absolute atomic E-state index is 12.2. The first-order valence-corrected chi connectivity index (χ1v) is 10.8. The molecule has 0 saturated carbocycles. The van der Waals surface area contributed by atoms with E-state index in [9.17, 15) is 13.2 Å². The minimum Gasteiger partial charge on any atom is -0.357 e. The summed E-state index contributed by atoms with van der Waals surface area (Å²) in [5.74, 6) is 0.815. The summed E-state index contributed by atoms with van der Waals surface area (Å²) < 4.78 is 23.7. The maximum atomic E-state index is 12.2. The van der Waals surface area contributed by atoms with Crippen molar-refractivity contribution < 1.29 is 13.2 Å². The first-order chi connectivity index (χ1) is 12.6. The molecule has 0 bridgehead atoms. The monoisotopic (exact) mass is 522 g/mol. The van der Waals surface area contributed by atoms with Gasteiger partial charge < -0.3 is 15.1 Å². The van der Waals surface area contributed by atoms with Crippen LogP contribution in [-0.4, -0.2) is 74.3 Å². The maximum Gasteiger partial charge on any atom is 0.253 e. The van der Waals surface area contributed by atoms with E-state index < -0.39 is 14.6 Å². The lowest BCUT2D eigenvalue weighted by atomic mass is 10.1. The standard InChI is InChI=1S/C19H30N4O3S.HI/c1-6-20-18(23-11-12-27(25,26)19(2,3)14-23)21-13-15-7-9-16(10-8-15)17(24)22(4)5;/h7-10H,6,11-14H2,1-5H3,(H,20,21);1H. The van der Waals surface area contributed by atoms with Crippen LogP contribution in [0.5, 0.6) is 0 Å². The summed E-state index contributed by atoms with van der Waals surface area (Å²) in [6.07, 6.45) is 0. The number of carbonyl (C=O) groups excluding carboxylic acids is 1. The zero-order valence-electron chi connectivity index (χ0n) is 17.2. The van der Waals surface area contributed by atoms with Gasteiger partial charge in [-0.2, -0.15) is 0 Å². The van der Waals surface area contributed by atoms with E-state index in [4.69, 9.17) is 0 Å². The van der Waals surface area contributed by atoms with Crippen LogP contribution in [0.2, 0.25) is 0 Å². The van der Waals surface area contributed by atoms with Crippen molar-refractivity contribution in [1.29, 1.82) is 0 Å². The molecule has 1 saturated heterocycles. The third-order valence-corrected chi connectivity index (χ3v) is 7.23. The summed E-state index contributed by atoms with van der Waals surface area (Å²) in [4.78, 5) is 20.2. The van der Waals surface area contributed by atoms with Gasteiger partial charge in [0.1, 0.15) is 0 Å². The Morgan fingerprint density at radius 2 is 1.86 bits per heavy atom. The van der Waals surface area contributed by atoms with Crippen LogP contribution in [0.1, 0.15) is 36.7 Å². The molecular weight excluding hydrogens is 491 g/mol. The first kappa shape index (κ1) is 24.7. The van der Waals surface area contributed by atoms with E-state index in [2.05, 4.69) is 10.3 Å². The smallest absolute Gasteiger partial charge is 0.253 e. The van der Waals surface area contributed by atoms with Gasteiger partial charge in [-0.05, 0) is 38.5 Å². The molecule has 0 atom stereocenters. The van der Waals surface area contributed by atoms with E-state index in [0.29, 0.717) is 37.7 Å². The highest BCUT2D eigenvalue weighted by atomic mass is 127. The van der Waals surface area contributed by atoms with Gasteiger partial charge in [0, 0.05) is 39.3 Å². The summed E-state index contributed by atoms with van der Waals surface area (Å²) >= 11 is 0. The number of aliphatic imine (C=N–C) groups is 1. The number of nitrogens with zero attached hydrogens (tertiary/aromatic N) is 3. The summed E-state index contributed by atoms with van der Waals surface area (Å²) in [5, 5.41) is 3.25. The minimum absolute atomic E-state index is 0. The van der Waals surface area contributed by atoms with Gasteiger partial charge >= 0.3 is 0 Å². The molecule has 158 valence electrons. The fourth-order valence-corrected chi connectivity index (χ4v) is 4.29. The van der Waals surface area contributed by atoms with Crippen molar-refractivity contribution >= 4 is 45.7 Å². The molecule has 0 aliphatic carbocycles. The zero-order valence-corrected chi connectivity index (χ0v) is 20.4. The van der Waals surface area contributed by atoms with E-state index >= 15 is 0 Å². The quantitative estimate of drug-likeness (QED) is 0.372. The van der Waals surface area contributed by atoms with E-state index in [1.165, 1.54) is 0 Å². The lowest BCUT2D eigenvalue weighted by molar-refractivity contribution is 0.0827. The number of amides is 1. The lowest BCUT2D eigenvalue weighted by Crippen LogP contribution is -2.57. The van der Waals surface area contributed by atoms with Crippen LogP contribution >= 0.6 is 24.0 Å². The highest BCUT2D eigenvalue weighted by molar-refractivity contribution is 14.0. The Labute approximate surface area is 185 Å². The topological polar surface area (TPSA) is 82.1 Å². The molecule has 1 N–H and O–H groups in total. The van der Waals surface area contributed by atoms with E-state index in [0.717, 1.165) is 5.56 Å². The molecule has 1 aromatic carbocycles. The third-order valence-electron chi connectivity index (χ3n) is 4.70. The van der Waals surface area contributed by atoms with Crippen LogP contribution in [-0.2, 0) is 16.4 Å². The average Bonchev–Trinajstić information content (AvgIpc) is 2.61. The van der Waals surface area contributed by atoms with Crippen molar-refractivity contribution in [3.8, 4) is 0 Å². The van der Waals surface area contributed by atoms with E-state index in [-0.39, 0.29) is 35.6 Å². The van der Waals surface area contributed by atoms with Gasteiger partial charge in [-0.15, -0.1) is 24.0 Å². The number of hydrogen-bond acceptors (Lipinski definition) is 4. The molecule has 7 nitrogen and oxygen atoms in total. The summed E-state index contributed by atoms with van der Waals surface area (Å²) in [7, 11) is 0.362. The summed E-state index contributed by atoms with van der Waals surface area (Å²) in [5.41, 5.74) is 1.63. The van der Waals surface area contributed by atoms with Gasteiger partial charge in [-0.25, -0.2) is 13.4 Å². The SMILES string of the molecule is CCNC(=NCc1ccc(C(=O)N(C)C)cc1)N1CCS(=O)(=O)C(C)(C)C1.I. The third kappa shape index (κ3) is 5.82. The molecule has 1 amide bonds. The number of nitrogens with one attached hydrogen (secondary N) is 1. The second-order valence-electron chi connectivity index (χ2n) is 7.57. The fourth-order valence-electron chi connectivity index (χ4n) is 2.93. The number of carbonyl (C=O) groups is 1. The molecular formula is C19H31IN4O3S. The highest BCUT2D eigenvalue weighted by Crippen LogP contribution is 2.23. The Bertz CT molecular complexity index is 805. The lowest BCUT2D eigenvalue weighted by Gasteiger charge is -2.39. The number of rotatable bonds is 4. The highest BCUT2D eigenvalue weighted by Gasteiger charge is 2.40. The number of hydrogen-bond donors (Lipinski definition) is 1. The van der Waals surface area contributed by atoms with Gasteiger partial charge in [-0.3, -0.25) is 4.79 Å². The van der Waals surface area contributed by atoms with Gasteiger partial charge in [0.2, 0.25) is 0 Å². The molecule has 1 aliphatic heterocycles. The molecule has 0 unspecified atom stereocenters. The molecule has 9 heteroatoms. The Balaban J connectivity index is 0.00000392. The predicted octanol–water partition coefficient (Wildman–Crippen LogP) is 1.98. The first-order valence-electron chi connectivity index (χ1n) is 9.13. The molecule has 2 rings (SSSR count). The van der Waals surface area contributed by atoms with Crippen molar-refractivity contribution in [2.24, 2.45) is 4.99 Å². The second kappa shape index (κ2) is 9.91. The van der Waals surface area contributed by atoms with Crippen LogP contribution in [0.25, 0.3) is 0 Å². The largest absolute Gasteiger partial charge is 0.357 e. The molecule has 28 heavy (non-hydrogen) atoms. The Kier molecular flexibility index (Phi) is 8.73. The predicted molar refractivity (Wildman–Crippen MR) is 124 cm³/mol. The molecule has 0 aromatic heterocycles. The van der Waals surface area contributed by atoms with E-state index in [1.54, 1.807) is 45.0 Å². The molecule has 1 aliphatic rings. The van der Waals surface area contributed by atoms with Gasteiger partial charge in [-0.1, -0.05) is 12.1 Å². The Morgan fingerprint density at radius 3 is 2.36 bits per heavy atom. The normalized spacial score (nSPS) is 18.2. The fraction of sp³-hybridized carbons (Fsp3) is 0.579. The number of sulfone groups is 1. The number of benzene rings is 1. The summed E-state index contributed by atoms with van der Waals surface area (Å²) in [6.45, 7) is 7.53. The number of halogens is 1. The van der Waals surface area contributed by atoms with Crippen LogP contribution in [0.4, 0.5) is 0 Å². The van der Waals surface area contributed by atoms with Crippen molar-refractivity contribution in [2.45, 2.75) is 32.1 Å². The average molecular weight is 522 g/mol. The van der Waals surface area contributed by atoms with Crippen molar-refractivity contribution in [3.05, 3.63) is 35.4 Å². The van der Waals surface area contributed by atoms with Crippen molar-refractivity contribution in [1.82, 2.24) is 15.1 Å². The van der Waals surface area contributed by atoms with E-state index in [1.807, 2.05) is 24.0 Å². The molecule has 1 fully saturated rings.